The van der Waals surface area contributed by atoms with Crippen LogP contribution in [0.2, 0.25) is 0 Å². The van der Waals surface area contributed by atoms with Crippen LogP contribution in [0.5, 0.6) is 0 Å². The first-order valence-corrected chi connectivity index (χ1v) is 8.52. The highest BCUT2D eigenvalue weighted by Gasteiger charge is 2.24. The molecule has 1 saturated heterocycles. The summed E-state index contributed by atoms with van der Waals surface area (Å²) in [5.41, 5.74) is 0.943. The zero-order valence-electron chi connectivity index (χ0n) is 14.2. The van der Waals surface area contributed by atoms with Crippen molar-refractivity contribution in [1.82, 2.24) is 14.9 Å². The van der Waals surface area contributed by atoms with Gasteiger partial charge in [0.05, 0.1) is 6.26 Å². The van der Waals surface area contributed by atoms with Crippen LogP contribution in [0, 0.1) is 0 Å². The van der Waals surface area contributed by atoms with E-state index in [1.807, 2.05) is 36.4 Å². The van der Waals surface area contributed by atoms with Gasteiger partial charge in [-0.25, -0.2) is 4.98 Å². The quantitative estimate of drug-likeness (QED) is 0.781. The van der Waals surface area contributed by atoms with E-state index in [0.717, 1.165) is 11.5 Å². The number of nitrogens with one attached hydrogen (secondary N) is 1. The van der Waals surface area contributed by atoms with E-state index in [4.69, 9.17) is 4.42 Å². The summed E-state index contributed by atoms with van der Waals surface area (Å²) in [4.78, 5) is 25.2. The van der Waals surface area contributed by atoms with Gasteiger partial charge in [0.15, 0.2) is 5.76 Å². The first kappa shape index (κ1) is 16.1. The molecular weight excluding hydrogens is 330 g/mol. The number of aromatic nitrogens is 2. The summed E-state index contributed by atoms with van der Waals surface area (Å²) in [6.07, 6.45) is 3.26. The van der Waals surface area contributed by atoms with E-state index < -0.39 is 0 Å². The summed E-state index contributed by atoms with van der Waals surface area (Å²) in [6, 6.07) is 15.1. The van der Waals surface area contributed by atoms with Gasteiger partial charge in [0, 0.05) is 38.1 Å². The molecule has 2 aromatic heterocycles. The highest BCUT2D eigenvalue weighted by molar-refractivity contribution is 5.91. The molecule has 7 heteroatoms. The third kappa shape index (κ3) is 3.51. The SMILES string of the molecule is O=C(c1ccco1)N1CCN(c2ccnc(Nc3ccccc3)n2)CC1. The molecule has 0 unspecified atom stereocenters. The molecule has 0 aliphatic carbocycles. The van der Waals surface area contributed by atoms with Gasteiger partial charge in [0.1, 0.15) is 5.82 Å². The molecule has 7 nitrogen and oxygen atoms in total. The second-order valence-electron chi connectivity index (χ2n) is 5.99. The number of hydrogen-bond acceptors (Lipinski definition) is 6. The topological polar surface area (TPSA) is 74.5 Å². The van der Waals surface area contributed by atoms with Crippen LogP contribution in [-0.2, 0) is 0 Å². The Morgan fingerprint density at radius 3 is 2.54 bits per heavy atom. The molecule has 1 aliphatic rings. The predicted molar refractivity (Wildman–Crippen MR) is 98.6 cm³/mol. The molecule has 0 spiro atoms. The number of carbonyl (C=O) groups is 1. The summed E-state index contributed by atoms with van der Waals surface area (Å²) in [6.45, 7) is 2.69. The van der Waals surface area contributed by atoms with E-state index in [-0.39, 0.29) is 5.91 Å². The minimum Gasteiger partial charge on any atom is -0.459 e. The molecule has 0 bridgehead atoms. The molecule has 1 aliphatic heterocycles. The maximum atomic E-state index is 12.3. The third-order valence-corrected chi connectivity index (χ3v) is 4.29. The van der Waals surface area contributed by atoms with Gasteiger partial charge in [-0.05, 0) is 30.3 Å². The normalized spacial score (nSPS) is 14.3. The second kappa shape index (κ2) is 7.26. The van der Waals surface area contributed by atoms with Crippen LogP contribution in [0.3, 0.4) is 0 Å². The Labute approximate surface area is 151 Å². The van der Waals surface area contributed by atoms with Gasteiger partial charge in [-0.2, -0.15) is 4.98 Å². The Balaban J connectivity index is 1.40. The number of carbonyl (C=O) groups excluding carboxylic acids is 1. The monoisotopic (exact) mass is 349 g/mol. The minimum atomic E-state index is -0.0660. The number of hydrogen-bond donors (Lipinski definition) is 1. The molecule has 1 fully saturated rings. The summed E-state index contributed by atoms with van der Waals surface area (Å²) in [5.74, 6) is 1.73. The molecule has 132 valence electrons. The Bertz CT molecular complexity index is 859. The number of furan rings is 1. The van der Waals surface area contributed by atoms with Crippen LogP contribution >= 0.6 is 0 Å². The van der Waals surface area contributed by atoms with Crippen molar-refractivity contribution in [2.24, 2.45) is 0 Å². The van der Waals surface area contributed by atoms with Crippen LogP contribution in [0.25, 0.3) is 0 Å². The Hall–Kier alpha value is -3.35. The maximum absolute atomic E-state index is 12.3. The fraction of sp³-hybridized carbons (Fsp3) is 0.211. The Morgan fingerprint density at radius 2 is 1.81 bits per heavy atom. The van der Waals surface area contributed by atoms with Crippen molar-refractivity contribution in [3.8, 4) is 0 Å². The standard InChI is InChI=1S/C19H19N5O2/c25-18(16-7-4-14-26-16)24-12-10-23(11-13-24)17-8-9-20-19(22-17)21-15-5-2-1-3-6-15/h1-9,14H,10-13H2,(H,20,21,22). The maximum Gasteiger partial charge on any atom is 0.289 e. The van der Waals surface area contributed by atoms with Gasteiger partial charge in [-0.3, -0.25) is 4.79 Å². The van der Waals surface area contributed by atoms with E-state index in [1.165, 1.54) is 6.26 Å². The predicted octanol–water partition coefficient (Wildman–Crippen LogP) is 2.78. The molecule has 4 rings (SSSR count). The summed E-state index contributed by atoms with van der Waals surface area (Å²) in [5, 5.41) is 3.20. The first-order valence-electron chi connectivity index (χ1n) is 8.52. The second-order valence-corrected chi connectivity index (χ2v) is 5.99. The highest BCUT2D eigenvalue weighted by Crippen LogP contribution is 2.18. The van der Waals surface area contributed by atoms with Crippen LogP contribution in [0.1, 0.15) is 10.6 Å². The molecular formula is C19H19N5O2. The van der Waals surface area contributed by atoms with Crippen LogP contribution in [-0.4, -0.2) is 47.0 Å². The average Bonchev–Trinajstić information content (AvgIpc) is 3.23. The van der Waals surface area contributed by atoms with Gasteiger partial charge < -0.3 is 19.5 Å². The van der Waals surface area contributed by atoms with E-state index in [9.17, 15) is 4.79 Å². The Morgan fingerprint density at radius 1 is 1.00 bits per heavy atom. The number of anilines is 3. The molecule has 1 aromatic carbocycles. The van der Waals surface area contributed by atoms with Crippen molar-refractivity contribution in [3.63, 3.8) is 0 Å². The number of nitrogens with zero attached hydrogens (tertiary/aromatic N) is 4. The summed E-state index contributed by atoms with van der Waals surface area (Å²) >= 11 is 0. The zero-order chi connectivity index (χ0) is 17.8. The number of amides is 1. The fourth-order valence-electron chi connectivity index (χ4n) is 2.93. The lowest BCUT2D eigenvalue weighted by Gasteiger charge is -2.35. The number of benzene rings is 1. The zero-order valence-corrected chi connectivity index (χ0v) is 14.2. The van der Waals surface area contributed by atoms with Crippen molar-refractivity contribution in [3.05, 3.63) is 66.8 Å². The van der Waals surface area contributed by atoms with Gasteiger partial charge in [-0.1, -0.05) is 18.2 Å². The molecule has 1 amide bonds. The lowest BCUT2D eigenvalue weighted by atomic mass is 10.3. The van der Waals surface area contributed by atoms with E-state index in [1.54, 1.807) is 23.2 Å². The molecule has 26 heavy (non-hydrogen) atoms. The number of rotatable bonds is 4. The van der Waals surface area contributed by atoms with Crippen molar-refractivity contribution in [2.45, 2.75) is 0 Å². The average molecular weight is 349 g/mol. The largest absolute Gasteiger partial charge is 0.459 e. The smallest absolute Gasteiger partial charge is 0.289 e. The highest BCUT2D eigenvalue weighted by atomic mass is 16.3. The lowest BCUT2D eigenvalue weighted by Crippen LogP contribution is -2.49. The van der Waals surface area contributed by atoms with Crippen molar-refractivity contribution < 1.29 is 9.21 Å². The van der Waals surface area contributed by atoms with Crippen molar-refractivity contribution in [2.75, 3.05) is 36.4 Å². The number of para-hydroxylation sites is 1. The Kier molecular flexibility index (Phi) is 4.51. The lowest BCUT2D eigenvalue weighted by molar-refractivity contribution is 0.0714. The van der Waals surface area contributed by atoms with Crippen LogP contribution < -0.4 is 10.2 Å². The minimum absolute atomic E-state index is 0.0660. The first-order chi connectivity index (χ1) is 12.8. The van der Waals surface area contributed by atoms with Gasteiger partial charge >= 0.3 is 0 Å². The van der Waals surface area contributed by atoms with Gasteiger partial charge in [0.2, 0.25) is 5.95 Å². The third-order valence-electron chi connectivity index (χ3n) is 4.29. The summed E-state index contributed by atoms with van der Waals surface area (Å²) in [7, 11) is 0. The molecule has 0 atom stereocenters. The van der Waals surface area contributed by atoms with E-state index in [2.05, 4.69) is 20.2 Å². The molecule has 1 N–H and O–H groups in total. The van der Waals surface area contributed by atoms with Gasteiger partial charge in [-0.15, -0.1) is 0 Å². The number of piperazine rings is 1. The van der Waals surface area contributed by atoms with E-state index >= 15 is 0 Å². The molecule has 0 saturated carbocycles. The summed E-state index contributed by atoms with van der Waals surface area (Å²) < 4.78 is 5.20. The van der Waals surface area contributed by atoms with Gasteiger partial charge in [0.25, 0.3) is 5.91 Å². The molecule has 3 heterocycles. The molecule has 3 aromatic rings. The molecule has 0 radical (unpaired) electrons. The van der Waals surface area contributed by atoms with Crippen LogP contribution in [0.4, 0.5) is 17.5 Å². The van der Waals surface area contributed by atoms with Crippen molar-refractivity contribution >= 4 is 23.4 Å². The fourth-order valence-corrected chi connectivity index (χ4v) is 2.93. The van der Waals surface area contributed by atoms with E-state index in [0.29, 0.717) is 37.9 Å². The van der Waals surface area contributed by atoms with Crippen LogP contribution in [0.15, 0.2) is 65.4 Å². The van der Waals surface area contributed by atoms with Crippen molar-refractivity contribution in [1.29, 1.82) is 0 Å².